The molecular formula is C34H35N. The minimum absolute atomic E-state index is 0.538. The maximum absolute atomic E-state index is 2.54. The van der Waals surface area contributed by atoms with Gasteiger partial charge in [0.15, 0.2) is 0 Å². The molecule has 4 atom stereocenters. The van der Waals surface area contributed by atoms with E-state index in [1.165, 1.54) is 28.1 Å². The normalized spacial score (nSPS) is 27.1. The number of nitrogens with zero attached hydrogens (tertiary/aromatic N) is 1. The van der Waals surface area contributed by atoms with Crippen molar-refractivity contribution in [2.45, 2.75) is 33.1 Å². The van der Waals surface area contributed by atoms with E-state index in [4.69, 9.17) is 0 Å². The fraction of sp³-hybridized carbons (Fsp3) is 0.294. The molecule has 0 bridgehead atoms. The van der Waals surface area contributed by atoms with Gasteiger partial charge in [0, 0.05) is 17.9 Å². The molecule has 2 aromatic rings. The van der Waals surface area contributed by atoms with E-state index in [2.05, 4.69) is 122 Å². The molecule has 0 amide bonds. The molecule has 0 spiro atoms. The van der Waals surface area contributed by atoms with Gasteiger partial charge in [-0.3, -0.25) is 0 Å². The van der Waals surface area contributed by atoms with Gasteiger partial charge in [0.05, 0.1) is 0 Å². The van der Waals surface area contributed by atoms with E-state index >= 15 is 0 Å². The number of para-hydroxylation sites is 1. The molecule has 0 fully saturated rings. The number of fused-ring (bicyclic) bond motifs is 3. The van der Waals surface area contributed by atoms with Crippen LogP contribution in [0.5, 0.6) is 0 Å². The van der Waals surface area contributed by atoms with Gasteiger partial charge < -0.3 is 4.90 Å². The smallest absolute Gasteiger partial charge is 0.0452 e. The number of rotatable bonds is 2. The summed E-state index contributed by atoms with van der Waals surface area (Å²) in [5, 5.41) is 0. The molecule has 0 radical (unpaired) electrons. The lowest BCUT2D eigenvalue weighted by molar-refractivity contribution is 0.440. The fourth-order valence-corrected chi connectivity index (χ4v) is 6.37. The predicted octanol–water partition coefficient (Wildman–Crippen LogP) is 8.39. The molecule has 1 heterocycles. The second-order valence-electron chi connectivity index (χ2n) is 10.5. The zero-order chi connectivity index (χ0) is 23.8. The van der Waals surface area contributed by atoms with Crippen molar-refractivity contribution in [3.05, 3.63) is 125 Å². The first-order chi connectivity index (χ1) is 17.2. The fourth-order valence-electron chi connectivity index (χ4n) is 6.37. The molecule has 0 saturated heterocycles. The number of benzene rings is 2. The van der Waals surface area contributed by atoms with Crippen LogP contribution in [0.15, 0.2) is 109 Å². The SMILES string of the molecule is CC1C=CC2=C(c3cc4c(cc3CC2C2C=CC=CC2)N(c2ccccc2)CC=CC=CC4)C1C. The van der Waals surface area contributed by atoms with Crippen LogP contribution >= 0.6 is 0 Å². The van der Waals surface area contributed by atoms with E-state index in [9.17, 15) is 0 Å². The van der Waals surface area contributed by atoms with Crippen LogP contribution in [0, 0.1) is 23.7 Å². The van der Waals surface area contributed by atoms with Crippen LogP contribution in [-0.2, 0) is 12.8 Å². The standard InChI is InChI=1S/C34H35N/c1-24-18-19-30-31(26-13-8-5-9-14-26)22-28-23-33-27(21-32(28)34(30)25(24)2)15-7-3-4-12-20-35(33)29-16-10-6-11-17-29/h3-13,16-19,21,23-26,31H,14-15,20,22H2,1-2H3. The van der Waals surface area contributed by atoms with E-state index in [1.807, 2.05) is 0 Å². The summed E-state index contributed by atoms with van der Waals surface area (Å²) >= 11 is 0. The van der Waals surface area contributed by atoms with Crippen LogP contribution in [0.2, 0.25) is 0 Å². The summed E-state index contributed by atoms with van der Waals surface area (Å²) in [7, 11) is 0. The maximum Gasteiger partial charge on any atom is 0.0452 e. The average molecular weight is 458 g/mol. The molecule has 0 aromatic heterocycles. The van der Waals surface area contributed by atoms with Crippen molar-refractivity contribution in [3.63, 3.8) is 0 Å². The van der Waals surface area contributed by atoms with Crippen LogP contribution in [0.4, 0.5) is 11.4 Å². The summed E-state index contributed by atoms with van der Waals surface area (Å²) in [6.45, 7) is 5.69. The van der Waals surface area contributed by atoms with Crippen molar-refractivity contribution in [1.82, 2.24) is 0 Å². The summed E-state index contributed by atoms with van der Waals surface area (Å²) in [5.41, 5.74) is 10.3. The Balaban J connectivity index is 1.53. The zero-order valence-electron chi connectivity index (χ0n) is 20.9. The van der Waals surface area contributed by atoms with Gasteiger partial charge in [-0.15, -0.1) is 0 Å². The third-order valence-electron chi connectivity index (χ3n) is 8.47. The van der Waals surface area contributed by atoms with Crippen LogP contribution in [0.1, 0.15) is 37.0 Å². The van der Waals surface area contributed by atoms with Crippen LogP contribution < -0.4 is 4.90 Å². The van der Waals surface area contributed by atoms with E-state index in [1.54, 1.807) is 11.1 Å². The Hall–Kier alpha value is -3.32. The van der Waals surface area contributed by atoms with Crippen molar-refractivity contribution >= 4 is 16.9 Å². The molecular weight excluding hydrogens is 422 g/mol. The molecule has 0 saturated carbocycles. The van der Waals surface area contributed by atoms with Gasteiger partial charge in [-0.1, -0.05) is 92.8 Å². The molecule has 4 aliphatic rings. The highest BCUT2D eigenvalue weighted by Crippen LogP contribution is 2.49. The molecule has 6 rings (SSSR count). The van der Waals surface area contributed by atoms with Gasteiger partial charge in [0.2, 0.25) is 0 Å². The summed E-state index contributed by atoms with van der Waals surface area (Å²) in [6, 6.07) is 16.0. The Bertz CT molecular complexity index is 1280. The van der Waals surface area contributed by atoms with Crippen LogP contribution in [-0.4, -0.2) is 6.54 Å². The Labute approximate surface area is 210 Å². The van der Waals surface area contributed by atoms with E-state index in [0.717, 1.165) is 25.8 Å². The van der Waals surface area contributed by atoms with Gasteiger partial charge in [-0.2, -0.15) is 0 Å². The molecule has 3 aliphatic carbocycles. The lowest BCUT2D eigenvalue weighted by Crippen LogP contribution is -2.28. The number of anilines is 2. The average Bonchev–Trinajstić information content (AvgIpc) is 3.00. The Kier molecular flexibility index (Phi) is 5.94. The molecule has 2 aromatic carbocycles. The second-order valence-corrected chi connectivity index (χ2v) is 10.5. The van der Waals surface area contributed by atoms with Gasteiger partial charge >= 0.3 is 0 Å². The first-order valence-electron chi connectivity index (χ1n) is 13.3. The molecule has 176 valence electrons. The molecule has 1 aliphatic heterocycles. The summed E-state index contributed by atoms with van der Waals surface area (Å²) in [6.07, 6.45) is 26.4. The third kappa shape index (κ3) is 4.08. The topological polar surface area (TPSA) is 3.24 Å². The van der Waals surface area contributed by atoms with Gasteiger partial charge in [-0.05, 0) is 95.0 Å². The Morgan fingerprint density at radius 3 is 2.49 bits per heavy atom. The Morgan fingerprint density at radius 1 is 0.829 bits per heavy atom. The van der Waals surface area contributed by atoms with Crippen molar-refractivity contribution in [2.75, 3.05) is 11.4 Å². The van der Waals surface area contributed by atoms with E-state index in [0.29, 0.717) is 23.7 Å². The second kappa shape index (κ2) is 9.38. The summed E-state index contributed by atoms with van der Waals surface area (Å²) in [5.74, 6) is 2.22. The number of hydrogen-bond donors (Lipinski definition) is 0. The number of hydrogen-bond acceptors (Lipinski definition) is 1. The maximum atomic E-state index is 2.54. The quantitative estimate of drug-likeness (QED) is 0.438. The highest BCUT2D eigenvalue weighted by molar-refractivity contribution is 5.82. The zero-order valence-corrected chi connectivity index (χ0v) is 20.9. The third-order valence-corrected chi connectivity index (χ3v) is 8.47. The van der Waals surface area contributed by atoms with Crippen LogP contribution in [0.3, 0.4) is 0 Å². The van der Waals surface area contributed by atoms with E-state index < -0.39 is 0 Å². The first-order valence-corrected chi connectivity index (χ1v) is 13.3. The summed E-state index contributed by atoms with van der Waals surface area (Å²) < 4.78 is 0. The van der Waals surface area contributed by atoms with Crippen molar-refractivity contribution < 1.29 is 0 Å². The molecule has 1 heteroatoms. The van der Waals surface area contributed by atoms with E-state index in [-0.39, 0.29) is 0 Å². The highest BCUT2D eigenvalue weighted by atomic mass is 15.1. The van der Waals surface area contributed by atoms with Gasteiger partial charge in [0.1, 0.15) is 0 Å². The minimum atomic E-state index is 0.538. The van der Waals surface area contributed by atoms with Crippen molar-refractivity contribution in [3.8, 4) is 0 Å². The molecule has 0 N–H and O–H groups in total. The van der Waals surface area contributed by atoms with Crippen LogP contribution in [0.25, 0.3) is 5.57 Å². The van der Waals surface area contributed by atoms with Crippen molar-refractivity contribution in [1.29, 1.82) is 0 Å². The van der Waals surface area contributed by atoms with Gasteiger partial charge in [-0.25, -0.2) is 0 Å². The monoisotopic (exact) mass is 457 g/mol. The predicted molar refractivity (Wildman–Crippen MR) is 150 cm³/mol. The lowest BCUT2D eigenvalue weighted by Gasteiger charge is -2.40. The minimum Gasteiger partial charge on any atom is -0.337 e. The number of allylic oxidation sites excluding steroid dienone is 11. The van der Waals surface area contributed by atoms with Gasteiger partial charge in [0.25, 0.3) is 0 Å². The first kappa shape index (κ1) is 22.2. The summed E-state index contributed by atoms with van der Waals surface area (Å²) in [4.78, 5) is 2.49. The lowest BCUT2D eigenvalue weighted by atomic mass is 9.65. The largest absolute Gasteiger partial charge is 0.337 e. The van der Waals surface area contributed by atoms with Crippen molar-refractivity contribution in [2.24, 2.45) is 23.7 Å². The molecule has 35 heavy (non-hydrogen) atoms. The molecule has 1 nitrogen and oxygen atoms in total. The highest BCUT2D eigenvalue weighted by Gasteiger charge is 2.36. The molecule has 4 unspecified atom stereocenters. The Morgan fingerprint density at radius 2 is 1.66 bits per heavy atom.